The number of cyclic esters (lactones) is 2. The van der Waals surface area contributed by atoms with Crippen LogP contribution in [-0.4, -0.2) is 18.4 Å². The van der Waals surface area contributed by atoms with Crippen molar-refractivity contribution < 1.29 is 14.3 Å². The minimum atomic E-state index is -0.579. The SMILES string of the molecule is C=CCC1(C)COC(=O)O1. The molecule has 1 atom stereocenters. The van der Waals surface area contributed by atoms with Gasteiger partial charge in [0.2, 0.25) is 0 Å². The van der Waals surface area contributed by atoms with Crippen LogP contribution < -0.4 is 0 Å². The van der Waals surface area contributed by atoms with Gasteiger partial charge in [0.05, 0.1) is 0 Å². The zero-order chi connectivity index (χ0) is 7.61. The van der Waals surface area contributed by atoms with E-state index in [2.05, 4.69) is 11.3 Å². The van der Waals surface area contributed by atoms with Gasteiger partial charge in [0.1, 0.15) is 6.61 Å². The summed E-state index contributed by atoms with van der Waals surface area (Å²) in [6, 6.07) is 0. The van der Waals surface area contributed by atoms with Crippen LogP contribution in [0.5, 0.6) is 0 Å². The Morgan fingerprint density at radius 1 is 1.90 bits per heavy atom. The predicted octanol–water partition coefficient (Wildman–Crippen LogP) is 1.49. The Morgan fingerprint density at radius 3 is 3.00 bits per heavy atom. The van der Waals surface area contributed by atoms with Crippen molar-refractivity contribution in [2.75, 3.05) is 6.61 Å². The first-order chi connectivity index (χ1) is 4.66. The summed E-state index contributed by atoms with van der Waals surface area (Å²) in [6.07, 6.45) is 1.77. The first-order valence-corrected chi connectivity index (χ1v) is 3.13. The van der Waals surface area contributed by atoms with Crippen LogP contribution in [0.4, 0.5) is 4.79 Å². The van der Waals surface area contributed by atoms with Gasteiger partial charge in [0, 0.05) is 6.42 Å². The maximum Gasteiger partial charge on any atom is 0.509 e. The minimum Gasteiger partial charge on any atom is -0.430 e. The molecule has 0 radical (unpaired) electrons. The standard InChI is InChI=1S/C7H10O3/c1-3-4-7(2)5-9-6(8)10-7/h3H,1,4-5H2,2H3. The lowest BCUT2D eigenvalue weighted by molar-refractivity contribution is 0.0732. The highest BCUT2D eigenvalue weighted by Crippen LogP contribution is 2.22. The molecule has 0 N–H and O–H groups in total. The van der Waals surface area contributed by atoms with Gasteiger partial charge < -0.3 is 9.47 Å². The Labute approximate surface area is 59.6 Å². The van der Waals surface area contributed by atoms with E-state index < -0.39 is 11.8 Å². The third kappa shape index (κ3) is 1.29. The zero-order valence-electron chi connectivity index (χ0n) is 5.92. The Kier molecular flexibility index (Phi) is 1.66. The number of ether oxygens (including phenoxy) is 2. The molecule has 1 saturated heterocycles. The van der Waals surface area contributed by atoms with Crippen molar-refractivity contribution in [3.05, 3.63) is 12.7 Å². The zero-order valence-corrected chi connectivity index (χ0v) is 5.92. The van der Waals surface area contributed by atoms with Gasteiger partial charge in [-0.2, -0.15) is 0 Å². The average molecular weight is 142 g/mol. The molecule has 3 heteroatoms. The topological polar surface area (TPSA) is 35.5 Å². The number of carbonyl (C=O) groups is 1. The summed E-state index contributed by atoms with van der Waals surface area (Å²) in [4.78, 5) is 10.5. The van der Waals surface area contributed by atoms with Gasteiger partial charge in [-0.05, 0) is 6.92 Å². The van der Waals surface area contributed by atoms with Crippen LogP contribution in [0.2, 0.25) is 0 Å². The fourth-order valence-electron chi connectivity index (χ4n) is 0.878. The van der Waals surface area contributed by atoms with E-state index in [1.807, 2.05) is 6.92 Å². The molecule has 0 spiro atoms. The molecule has 56 valence electrons. The molecule has 1 fully saturated rings. The second-order valence-corrected chi connectivity index (χ2v) is 2.58. The molecule has 0 aromatic heterocycles. The van der Waals surface area contributed by atoms with Crippen LogP contribution in [-0.2, 0) is 9.47 Å². The Morgan fingerprint density at radius 2 is 2.60 bits per heavy atom. The van der Waals surface area contributed by atoms with Crippen molar-refractivity contribution in [2.45, 2.75) is 18.9 Å². The lowest BCUT2D eigenvalue weighted by atomic mass is 10.0. The molecule has 10 heavy (non-hydrogen) atoms. The van der Waals surface area contributed by atoms with Crippen molar-refractivity contribution in [2.24, 2.45) is 0 Å². The lowest BCUT2D eigenvalue weighted by Crippen LogP contribution is -2.26. The molecule has 0 aromatic rings. The van der Waals surface area contributed by atoms with Gasteiger partial charge in [-0.1, -0.05) is 6.08 Å². The van der Waals surface area contributed by atoms with Gasteiger partial charge in [0.25, 0.3) is 0 Å². The monoisotopic (exact) mass is 142 g/mol. The quantitative estimate of drug-likeness (QED) is 0.433. The molecular weight excluding hydrogens is 132 g/mol. The fraction of sp³-hybridized carbons (Fsp3) is 0.571. The summed E-state index contributed by atoms with van der Waals surface area (Å²) in [6.45, 7) is 5.70. The van der Waals surface area contributed by atoms with Crippen LogP contribution in [0.1, 0.15) is 13.3 Å². The number of hydrogen-bond acceptors (Lipinski definition) is 3. The Hall–Kier alpha value is -0.990. The van der Waals surface area contributed by atoms with E-state index in [0.717, 1.165) is 0 Å². The number of hydrogen-bond donors (Lipinski definition) is 0. The van der Waals surface area contributed by atoms with Crippen molar-refractivity contribution >= 4 is 6.16 Å². The highest BCUT2D eigenvalue weighted by molar-refractivity contribution is 5.62. The molecule has 1 unspecified atom stereocenters. The van der Waals surface area contributed by atoms with Crippen molar-refractivity contribution in [3.8, 4) is 0 Å². The molecule has 0 aromatic carbocycles. The summed E-state index contributed by atoms with van der Waals surface area (Å²) in [7, 11) is 0. The van der Waals surface area contributed by atoms with Gasteiger partial charge in [0.15, 0.2) is 5.60 Å². The summed E-state index contributed by atoms with van der Waals surface area (Å²) < 4.78 is 9.47. The maximum absolute atomic E-state index is 10.5. The molecule has 1 rings (SSSR count). The molecule has 1 aliphatic heterocycles. The van der Waals surface area contributed by atoms with Crippen LogP contribution >= 0.6 is 0 Å². The number of rotatable bonds is 2. The lowest BCUT2D eigenvalue weighted by Gasteiger charge is -2.15. The Bertz CT molecular complexity index is 164. The molecule has 0 aliphatic carbocycles. The second-order valence-electron chi connectivity index (χ2n) is 2.58. The van der Waals surface area contributed by atoms with Crippen LogP contribution in [0.25, 0.3) is 0 Å². The van der Waals surface area contributed by atoms with E-state index in [1.165, 1.54) is 0 Å². The van der Waals surface area contributed by atoms with Crippen LogP contribution in [0.3, 0.4) is 0 Å². The first kappa shape index (κ1) is 7.12. The van der Waals surface area contributed by atoms with Gasteiger partial charge in [-0.3, -0.25) is 0 Å². The van der Waals surface area contributed by atoms with E-state index in [1.54, 1.807) is 6.08 Å². The molecule has 0 saturated carbocycles. The fourth-order valence-corrected chi connectivity index (χ4v) is 0.878. The van der Waals surface area contributed by atoms with E-state index >= 15 is 0 Å². The predicted molar refractivity (Wildman–Crippen MR) is 35.7 cm³/mol. The second kappa shape index (κ2) is 2.33. The van der Waals surface area contributed by atoms with E-state index in [4.69, 9.17) is 4.74 Å². The maximum atomic E-state index is 10.5. The highest BCUT2D eigenvalue weighted by atomic mass is 16.8. The van der Waals surface area contributed by atoms with Crippen molar-refractivity contribution in [1.82, 2.24) is 0 Å². The summed E-state index contributed by atoms with van der Waals surface area (Å²) >= 11 is 0. The molecular formula is C7H10O3. The smallest absolute Gasteiger partial charge is 0.430 e. The molecule has 3 nitrogen and oxygen atoms in total. The van der Waals surface area contributed by atoms with Gasteiger partial charge >= 0.3 is 6.16 Å². The van der Waals surface area contributed by atoms with Crippen LogP contribution in [0.15, 0.2) is 12.7 Å². The largest absolute Gasteiger partial charge is 0.509 e. The number of carbonyl (C=O) groups excluding carboxylic acids is 1. The molecule has 1 aliphatic rings. The van der Waals surface area contributed by atoms with Crippen molar-refractivity contribution in [1.29, 1.82) is 0 Å². The van der Waals surface area contributed by atoms with Crippen molar-refractivity contribution in [3.63, 3.8) is 0 Å². The van der Waals surface area contributed by atoms with E-state index in [-0.39, 0.29) is 0 Å². The first-order valence-electron chi connectivity index (χ1n) is 3.13. The molecule has 0 amide bonds. The van der Waals surface area contributed by atoms with Gasteiger partial charge in [-0.15, -0.1) is 6.58 Å². The molecule has 0 bridgehead atoms. The summed E-state index contributed by atoms with van der Waals surface area (Å²) in [5.41, 5.74) is -0.473. The molecule has 1 heterocycles. The van der Waals surface area contributed by atoms with E-state index in [9.17, 15) is 4.79 Å². The Balaban J connectivity index is 2.53. The third-order valence-corrected chi connectivity index (χ3v) is 1.40. The summed E-state index contributed by atoms with van der Waals surface area (Å²) in [5, 5.41) is 0. The van der Waals surface area contributed by atoms with E-state index in [0.29, 0.717) is 13.0 Å². The third-order valence-electron chi connectivity index (χ3n) is 1.40. The van der Waals surface area contributed by atoms with Gasteiger partial charge in [-0.25, -0.2) is 4.79 Å². The van der Waals surface area contributed by atoms with Crippen LogP contribution in [0, 0.1) is 0 Å². The summed E-state index contributed by atoms with van der Waals surface area (Å²) in [5.74, 6) is 0. The highest BCUT2D eigenvalue weighted by Gasteiger charge is 2.36. The average Bonchev–Trinajstić information content (AvgIpc) is 2.12. The normalized spacial score (nSPS) is 31.1. The minimum absolute atomic E-state index is 0.331.